The van der Waals surface area contributed by atoms with Gasteiger partial charge in [-0.05, 0) is 49.7 Å². The highest BCUT2D eigenvalue weighted by Crippen LogP contribution is 2.17. The molecule has 0 spiro atoms. The van der Waals surface area contributed by atoms with Crippen molar-refractivity contribution in [2.45, 2.75) is 13.8 Å². The van der Waals surface area contributed by atoms with Crippen LogP contribution >= 0.6 is 0 Å². The molecule has 1 N–H and O–H groups in total. The van der Waals surface area contributed by atoms with Crippen LogP contribution in [0.5, 0.6) is 0 Å². The third kappa shape index (κ3) is 4.61. The highest BCUT2D eigenvalue weighted by molar-refractivity contribution is 5.87. The lowest BCUT2D eigenvalue weighted by Gasteiger charge is -2.00. The van der Waals surface area contributed by atoms with Crippen LogP contribution in [0.1, 0.15) is 12.5 Å². The molecule has 6 nitrogen and oxygen atoms in total. The lowest BCUT2D eigenvalue weighted by atomic mass is 10.2. The third-order valence-electron chi connectivity index (χ3n) is 4.12. The Balaban J connectivity index is 0.000000159. The fraction of sp³-hybridized carbons (Fsp3) is 0.125. The second-order valence-electron chi connectivity index (χ2n) is 6.38. The summed E-state index contributed by atoms with van der Waals surface area (Å²) in [6, 6.07) is 17.6. The predicted molar refractivity (Wildman–Crippen MR) is 118 cm³/mol. The minimum absolute atomic E-state index is 0.00634. The summed E-state index contributed by atoms with van der Waals surface area (Å²) in [4.78, 5) is 27.3. The number of aryl methyl sites for hydroxylation is 1. The van der Waals surface area contributed by atoms with Crippen molar-refractivity contribution in [2.24, 2.45) is 0 Å². The Morgan fingerprint density at radius 1 is 0.900 bits per heavy atom. The zero-order valence-corrected chi connectivity index (χ0v) is 16.7. The van der Waals surface area contributed by atoms with Crippen molar-refractivity contribution in [2.75, 3.05) is 6.61 Å². The molecule has 0 unspecified atom stereocenters. The van der Waals surface area contributed by atoms with Gasteiger partial charge in [0.15, 0.2) is 16.5 Å². The lowest BCUT2D eigenvalue weighted by molar-refractivity contribution is 0.318. The zero-order chi connectivity index (χ0) is 21.5. The fourth-order valence-corrected chi connectivity index (χ4v) is 2.81. The van der Waals surface area contributed by atoms with Gasteiger partial charge in [0, 0.05) is 18.9 Å². The maximum atomic E-state index is 12.1. The highest BCUT2D eigenvalue weighted by Gasteiger charge is 2.07. The molecule has 0 aliphatic heterocycles. The van der Waals surface area contributed by atoms with Crippen LogP contribution in [0.4, 0.5) is 0 Å². The molecule has 0 amide bonds. The first-order valence-corrected chi connectivity index (χ1v) is 9.40. The summed E-state index contributed by atoms with van der Waals surface area (Å²) in [6.07, 6.45) is 3.08. The van der Waals surface area contributed by atoms with Gasteiger partial charge in [-0.3, -0.25) is 9.59 Å². The van der Waals surface area contributed by atoms with E-state index in [1.165, 1.54) is 12.3 Å². The smallest absolute Gasteiger partial charge is 0.218 e. The number of aliphatic hydroxyl groups excluding tert-OH is 1. The Bertz CT molecular complexity index is 1400. The van der Waals surface area contributed by atoms with Crippen LogP contribution in [0, 0.1) is 6.92 Å². The van der Waals surface area contributed by atoms with E-state index in [9.17, 15) is 9.59 Å². The molecule has 0 fully saturated rings. The molecule has 0 radical (unpaired) electrons. The number of hydrogen-bond donors (Lipinski definition) is 1. The molecule has 0 saturated heterocycles. The zero-order valence-electron chi connectivity index (χ0n) is 16.7. The Morgan fingerprint density at radius 3 is 2.23 bits per heavy atom. The van der Waals surface area contributed by atoms with Crippen LogP contribution in [0.2, 0.25) is 0 Å². The van der Waals surface area contributed by atoms with Gasteiger partial charge >= 0.3 is 0 Å². The second kappa shape index (κ2) is 9.62. The molecular formula is C24H21NO5. The first kappa shape index (κ1) is 21.0. The maximum absolute atomic E-state index is 12.1. The van der Waals surface area contributed by atoms with Gasteiger partial charge in [0.25, 0.3) is 0 Å². The topological polar surface area (TPSA) is 93.5 Å². The summed E-state index contributed by atoms with van der Waals surface area (Å²) in [5.41, 5.74) is 3.09. The average molecular weight is 403 g/mol. The van der Waals surface area contributed by atoms with Gasteiger partial charge in [0.2, 0.25) is 5.43 Å². The van der Waals surface area contributed by atoms with Gasteiger partial charge in [0.05, 0.1) is 17.0 Å². The van der Waals surface area contributed by atoms with E-state index in [1.54, 1.807) is 37.4 Å². The summed E-state index contributed by atoms with van der Waals surface area (Å²) >= 11 is 0. The molecule has 0 aliphatic carbocycles. The van der Waals surface area contributed by atoms with Gasteiger partial charge in [-0.25, -0.2) is 4.98 Å². The number of hydrogen-bond acceptors (Lipinski definition) is 6. The van der Waals surface area contributed by atoms with Crippen LogP contribution in [0.25, 0.3) is 33.0 Å². The molecule has 6 heteroatoms. The molecule has 30 heavy (non-hydrogen) atoms. The summed E-state index contributed by atoms with van der Waals surface area (Å²) in [6.45, 7) is 3.85. The molecule has 3 aromatic heterocycles. The highest BCUT2D eigenvalue weighted by atomic mass is 16.3. The number of para-hydroxylation sites is 2. The van der Waals surface area contributed by atoms with Crippen molar-refractivity contribution in [3.8, 4) is 0 Å². The quantitative estimate of drug-likeness (QED) is 0.384. The number of rotatable bonds is 0. The van der Waals surface area contributed by atoms with Gasteiger partial charge < -0.3 is 13.9 Å². The molecule has 0 saturated carbocycles. The molecule has 5 rings (SSSR count). The Hall–Kier alpha value is -3.77. The van der Waals surface area contributed by atoms with Crippen LogP contribution in [-0.2, 0) is 0 Å². The van der Waals surface area contributed by atoms with Crippen molar-refractivity contribution in [1.29, 1.82) is 0 Å². The number of aromatic nitrogens is 1. The number of pyridine rings is 1. The maximum Gasteiger partial charge on any atom is 0.218 e. The van der Waals surface area contributed by atoms with Gasteiger partial charge in [-0.1, -0.05) is 24.3 Å². The molecule has 0 atom stereocenters. The van der Waals surface area contributed by atoms with E-state index in [1.807, 2.05) is 37.3 Å². The van der Waals surface area contributed by atoms with Crippen LogP contribution in [0.15, 0.2) is 91.5 Å². The van der Waals surface area contributed by atoms with E-state index in [0.29, 0.717) is 33.0 Å². The standard InChI is InChI=1S/C13H9NO2.C9H6O2.C2H6O/c1-8-6-11-12(14-7-8)13(15)9-4-2-3-5-10(9)16-11;10-8-5-6-11-9-4-2-1-3-7(8)9;1-2-3/h2-7H,1H3;1-6H;3H,2H2,1H3. The first-order valence-electron chi connectivity index (χ1n) is 9.40. The van der Waals surface area contributed by atoms with E-state index >= 15 is 0 Å². The number of benzene rings is 2. The molecule has 0 bridgehead atoms. The number of fused-ring (bicyclic) bond motifs is 3. The van der Waals surface area contributed by atoms with Crippen molar-refractivity contribution in [3.05, 3.63) is 99.1 Å². The first-order chi connectivity index (χ1) is 14.5. The molecule has 3 heterocycles. The van der Waals surface area contributed by atoms with Gasteiger partial charge in [-0.2, -0.15) is 0 Å². The second-order valence-corrected chi connectivity index (χ2v) is 6.38. The van der Waals surface area contributed by atoms with E-state index in [2.05, 4.69) is 4.98 Å². The normalized spacial score (nSPS) is 10.2. The van der Waals surface area contributed by atoms with Crippen LogP contribution in [-0.4, -0.2) is 16.7 Å². The minimum Gasteiger partial charge on any atom is -0.464 e. The van der Waals surface area contributed by atoms with Crippen molar-refractivity contribution >= 4 is 33.0 Å². The molecule has 5 aromatic rings. The van der Waals surface area contributed by atoms with Crippen molar-refractivity contribution in [1.82, 2.24) is 4.98 Å². The summed E-state index contributed by atoms with van der Waals surface area (Å²) in [7, 11) is 0. The van der Waals surface area contributed by atoms with Crippen molar-refractivity contribution < 1.29 is 13.9 Å². The summed E-state index contributed by atoms with van der Waals surface area (Å²) < 4.78 is 10.7. The number of aliphatic hydroxyl groups is 1. The lowest BCUT2D eigenvalue weighted by Crippen LogP contribution is -2.03. The SMILES string of the molecule is CCO.Cc1cnc2c(=O)c3ccccc3oc2c1.O=c1ccoc2ccccc12. The Morgan fingerprint density at radius 2 is 1.53 bits per heavy atom. The predicted octanol–water partition coefficient (Wildman–Crippen LogP) is 4.44. The largest absolute Gasteiger partial charge is 0.464 e. The molecule has 0 aliphatic rings. The molecule has 2 aromatic carbocycles. The van der Waals surface area contributed by atoms with Crippen LogP contribution in [0.3, 0.4) is 0 Å². The van der Waals surface area contributed by atoms with E-state index in [0.717, 1.165) is 5.56 Å². The van der Waals surface area contributed by atoms with E-state index in [4.69, 9.17) is 13.9 Å². The molecule has 152 valence electrons. The fourth-order valence-electron chi connectivity index (χ4n) is 2.81. The summed E-state index contributed by atoms with van der Waals surface area (Å²) in [5, 5.41) is 8.78. The van der Waals surface area contributed by atoms with Gasteiger partial charge in [0.1, 0.15) is 11.2 Å². The third-order valence-corrected chi connectivity index (χ3v) is 4.12. The van der Waals surface area contributed by atoms with E-state index < -0.39 is 0 Å². The molecular weight excluding hydrogens is 382 g/mol. The minimum atomic E-state index is -0.0724. The monoisotopic (exact) mass is 403 g/mol. The van der Waals surface area contributed by atoms with Gasteiger partial charge in [-0.15, -0.1) is 0 Å². The average Bonchev–Trinajstić information content (AvgIpc) is 2.75. The van der Waals surface area contributed by atoms with Crippen LogP contribution < -0.4 is 10.9 Å². The van der Waals surface area contributed by atoms with E-state index in [-0.39, 0.29) is 17.5 Å². The van der Waals surface area contributed by atoms with Crippen molar-refractivity contribution in [3.63, 3.8) is 0 Å². The Kier molecular flexibility index (Phi) is 6.72. The number of nitrogens with zero attached hydrogens (tertiary/aromatic N) is 1. The Labute approximate surface area is 172 Å². The summed E-state index contributed by atoms with van der Waals surface area (Å²) in [5.74, 6) is 0.